The molecule has 0 spiro atoms. The summed E-state index contributed by atoms with van der Waals surface area (Å²) >= 11 is 0. The SMILES string of the molecule is CCCC(C(N)=O)C(CC(C)C)C(=O)N[C@H]1CCCCN(Cc2cccc(Oc3ccccc3)c2)C1=O. The summed E-state index contributed by atoms with van der Waals surface area (Å²) in [6.45, 7) is 7.10. The molecule has 7 heteroatoms. The first-order valence-corrected chi connectivity index (χ1v) is 13.5. The first-order chi connectivity index (χ1) is 17.8. The number of benzene rings is 2. The molecule has 200 valence electrons. The Bertz CT molecular complexity index is 1040. The summed E-state index contributed by atoms with van der Waals surface area (Å²) in [6.07, 6.45) is 4.17. The first-order valence-electron chi connectivity index (χ1n) is 13.5. The van der Waals surface area contributed by atoms with E-state index in [0.29, 0.717) is 38.1 Å². The fraction of sp³-hybridized carbons (Fsp3) is 0.500. The molecule has 3 atom stereocenters. The number of rotatable bonds is 12. The van der Waals surface area contributed by atoms with Crippen molar-refractivity contribution >= 4 is 17.7 Å². The lowest BCUT2D eigenvalue weighted by molar-refractivity contribution is -0.139. The van der Waals surface area contributed by atoms with Crippen LogP contribution in [0.25, 0.3) is 0 Å². The van der Waals surface area contributed by atoms with E-state index in [1.54, 1.807) is 0 Å². The number of ether oxygens (including phenoxy) is 1. The van der Waals surface area contributed by atoms with Crippen molar-refractivity contribution in [3.63, 3.8) is 0 Å². The zero-order valence-corrected chi connectivity index (χ0v) is 22.3. The Morgan fingerprint density at radius 3 is 2.46 bits per heavy atom. The number of para-hydroxylation sites is 1. The van der Waals surface area contributed by atoms with Gasteiger partial charge in [-0.3, -0.25) is 14.4 Å². The lowest BCUT2D eigenvalue weighted by atomic mass is 9.81. The largest absolute Gasteiger partial charge is 0.457 e. The molecule has 2 aromatic carbocycles. The molecule has 2 aromatic rings. The standard InChI is InChI=1S/C30H41N3O4/c1-4-11-25(28(31)34)26(18-21(2)3)29(35)32-27-16-8-9-17-33(30(27)36)20-22-12-10-15-24(19-22)37-23-13-6-5-7-14-23/h5-7,10,12-15,19,21,25-27H,4,8-9,11,16-18,20H2,1-3H3,(H2,31,34)(H,32,35)/t25?,26?,27-/m0/s1. The number of carbonyl (C=O) groups excluding carboxylic acids is 3. The molecule has 0 saturated carbocycles. The summed E-state index contributed by atoms with van der Waals surface area (Å²) in [7, 11) is 0. The van der Waals surface area contributed by atoms with Crippen molar-refractivity contribution in [3.05, 3.63) is 60.2 Å². The lowest BCUT2D eigenvalue weighted by Crippen LogP contribution is -2.50. The fourth-order valence-electron chi connectivity index (χ4n) is 5.04. The Balaban J connectivity index is 1.71. The molecule has 3 rings (SSSR count). The van der Waals surface area contributed by atoms with Crippen LogP contribution in [0.2, 0.25) is 0 Å². The van der Waals surface area contributed by atoms with Gasteiger partial charge in [-0.1, -0.05) is 57.5 Å². The quantitative estimate of drug-likeness (QED) is 0.420. The maximum absolute atomic E-state index is 13.5. The van der Waals surface area contributed by atoms with Crippen LogP contribution in [0.4, 0.5) is 0 Å². The molecule has 1 aliphatic rings. The van der Waals surface area contributed by atoms with Gasteiger partial charge >= 0.3 is 0 Å². The molecule has 7 nitrogen and oxygen atoms in total. The van der Waals surface area contributed by atoms with Gasteiger partial charge in [0, 0.05) is 24.9 Å². The van der Waals surface area contributed by atoms with Gasteiger partial charge < -0.3 is 20.7 Å². The average Bonchev–Trinajstić information content (AvgIpc) is 3.03. The van der Waals surface area contributed by atoms with Crippen LogP contribution in [0.15, 0.2) is 54.6 Å². The van der Waals surface area contributed by atoms with E-state index in [1.807, 2.05) is 80.3 Å². The summed E-state index contributed by atoms with van der Waals surface area (Å²) in [5.74, 6) is -0.165. The predicted molar refractivity (Wildman–Crippen MR) is 145 cm³/mol. The third-order valence-electron chi connectivity index (χ3n) is 6.86. The van der Waals surface area contributed by atoms with E-state index in [9.17, 15) is 14.4 Å². The monoisotopic (exact) mass is 507 g/mol. The van der Waals surface area contributed by atoms with E-state index < -0.39 is 23.8 Å². The van der Waals surface area contributed by atoms with E-state index in [0.717, 1.165) is 30.6 Å². The number of hydrogen-bond donors (Lipinski definition) is 2. The van der Waals surface area contributed by atoms with Gasteiger partial charge in [0.2, 0.25) is 17.7 Å². The van der Waals surface area contributed by atoms with Gasteiger partial charge in [0.25, 0.3) is 0 Å². The number of hydrogen-bond acceptors (Lipinski definition) is 4. The second kappa shape index (κ2) is 13.8. The molecule has 37 heavy (non-hydrogen) atoms. The second-order valence-corrected chi connectivity index (χ2v) is 10.4. The van der Waals surface area contributed by atoms with Crippen LogP contribution in [0.3, 0.4) is 0 Å². The van der Waals surface area contributed by atoms with Crippen molar-refractivity contribution in [2.24, 2.45) is 23.5 Å². The van der Waals surface area contributed by atoms with Crippen LogP contribution in [0.5, 0.6) is 11.5 Å². The van der Waals surface area contributed by atoms with E-state index in [-0.39, 0.29) is 17.7 Å². The van der Waals surface area contributed by atoms with E-state index in [2.05, 4.69) is 5.32 Å². The molecule has 0 aliphatic carbocycles. The molecule has 1 aliphatic heterocycles. The number of nitrogens with two attached hydrogens (primary N) is 1. The predicted octanol–water partition coefficient (Wildman–Crippen LogP) is 5.04. The average molecular weight is 508 g/mol. The minimum atomic E-state index is -0.608. The Hall–Kier alpha value is -3.35. The zero-order valence-electron chi connectivity index (χ0n) is 22.3. The molecule has 3 amide bonds. The molecular weight excluding hydrogens is 466 g/mol. The van der Waals surface area contributed by atoms with Gasteiger partial charge in [-0.2, -0.15) is 0 Å². The van der Waals surface area contributed by atoms with Crippen molar-refractivity contribution < 1.29 is 19.1 Å². The highest BCUT2D eigenvalue weighted by Gasteiger charge is 2.35. The van der Waals surface area contributed by atoms with Gasteiger partial charge in [0.15, 0.2) is 0 Å². The molecule has 1 fully saturated rings. The summed E-state index contributed by atoms with van der Waals surface area (Å²) < 4.78 is 5.95. The highest BCUT2D eigenvalue weighted by Crippen LogP contribution is 2.27. The minimum absolute atomic E-state index is 0.0883. The maximum atomic E-state index is 13.5. The van der Waals surface area contributed by atoms with Gasteiger partial charge in [0.1, 0.15) is 17.5 Å². The van der Waals surface area contributed by atoms with Crippen LogP contribution in [0, 0.1) is 17.8 Å². The maximum Gasteiger partial charge on any atom is 0.245 e. The molecular formula is C30H41N3O4. The Morgan fingerprint density at radius 2 is 1.78 bits per heavy atom. The third kappa shape index (κ3) is 8.34. The van der Waals surface area contributed by atoms with Crippen molar-refractivity contribution in [1.29, 1.82) is 0 Å². The van der Waals surface area contributed by atoms with Crippen molar-refractivity contribution in [1.82, 2.24) is 10.2 Å². The van der Waals surface area contributed by atoms with Crippen LogP contribution in [0.1, 0.15) is 64.9 Å². The van der Waals surface area contributed by atoms with Crippen molar-refractivity contribution in [3.8, 4) is 11.5 Å². The van der Waals surface area contributed by atoms with Crippen LogP contribution >= 0.6 is 0 Å². The number of carbonyl (C=O) groups is 3. The topological polar surface area (TPSA) is 102 Å². The van der Waals surface area contributed by atoms with Gasteiger partial charge in [-0.15, -0.1) is 0 Å². The second-order valence-electron chi connectivity index (χ2n) is 10.4. The molecule has 0 aromatic heterocycles. The lowest BCUT2D eigenvalue weighted by Gasteiger charge is -2.29. The zero-order chi connectivity index (χ0) is 26.8. The number of primary amides is 1. The Morgan fingerprint density at radius 1 is 1.05 bits per heavy atom. The highest BCUT2D eigenvalue weighted by molar-refractivity contribution is 5.91. The minimum Gasteiger partial charge on any atom is -0.457 e. The van der Waals surface area contributed by atoms with E-state index in [1.165, 1.54) is 0 Å². The van der Waals surface area contributed by atoms with Crippen LogP contribution in [-0.2, 0) is 20.9 Å². The van der Waals surface area contributed by atoms with Gasteiger partial charge in [-0.25, -0.2) is 0 Å². The van der Waals surface area contributed by atoms with Gasteiger partial charge in [0.05, 0.1) is 0 Å². The molecule has 3 N–H and O–H groups in total. The molecule has 1 saturated heterocycles. The molecule has 0 radical (unpaired) electrons. The van der Waals surface area contributed by atoms with Crippen LogP contribution < -0.4 is 15.8 Å². The Kier molecular flexibility index (Phi) is 10.5. The fourth-order valence-corrected chi connectivity index (χ4v) is 5.04. The van der Waals surface area contributed by atoms with Crippen LogP contribution in [-0.4, -0.2) is 35.2 Å². The number of likely N-dealkylation sites (tertiary alicyclic amines) is 1. The number of nitrogens with one attached hydrogen (secondary N) is 1. The molecule has 1 heterocycles. The summed E-state index contributed by atoms with van der Waals surface area (Å²) in [6, 6.07) is 16.7. The normalized spacial score (nSPS) is 17.7. The number of amides is 3. The van der Waals surface area contributed by atoms with Gasteiger partial charge in [-0.05, 0) is 67.9 Å². The molecule has 0 bridgehead atoms. The summed E-state index contributed by atoms with van der Waals surface area (Å²) in [5, 5.41) is 3.01. The first kappa shape index (κ1) is 28.2. The smallest absolute Gasteiger partial charge is 0.245 e. The van der Waals surface area contributed by atoms with E-state index in [4.69, 9.17) is 10.5 Å². The highest BCUT2D eigenvalue weighted by atomic mass is 16.5. The third-order valence-corrected chi connectivity index (χ3v) is 6.86. The number of nitrogens with zero attached hydrogens (tertiary/aromatic N) is 1. The summed E-state index contributed by atoms with van der Waals surface area (Å²) in [5.41, 5.74) is 6.65. The van der Waals surface area contributed by atoms with Crippen molar-refractivity contribution in [2.45, 2.75) is 71.9 Å². The van der Waals surface area contributed by atoms with E-state index >= 15 is 0 Å². The Labute approximate surface area is 220 Å². The molecule has 2 unspecified atom stereocenters. The summed E-state index contributed by atoms with van der Waals surface area (Å²) in [4.78, 5) is 40.9. The van der Waals surface area contributed by atoms with Crippen molar-refractivity contribution in [2.75, 3.05) is 6.54 Å².